The van der Waals surface area contributed by atoms with Crippen LogP contribution in [-0.4, -0.2) is 50.6 Å². The highest BCUT2D eigenvalue weighted by Gasteiger charge is 2.24. The Kier molecular flexibility index (Phi) is 3.98. The lowest BCUT2D eigenvalue weighted by Gasteiger charge is -2.21. The Labute approximate surface area is 111 Å². The number of anilines is 1. The maximum Gasteiger partial charge on any atom is 0.244 e. The molecule has 8 heteroatoms. The van der Waals surface area contributed by atoms with Crippen LogP contribution in [0, 0.1) is 0 Å². The molecule has 0 radical (unpaired) electrons. The SMILES string of the molecule is CC(NC(=O)Cn1cnc(N)n1)C(=O)N1CCCC1. The van der Waals surface area contributed by atoms with E-state index in [9.17, 15) is 9.59 Å². The molecule has 0 spiro atoms. The van der Waals surface area contributed by atoms with Crippen LogP contribution in [0.2, 0.25) is 0 Å². The minimum absolute atomic E-state index is 0.00181. The molecule has 1 aliphatic heterocycles. The van der Waals surface area contributed by atoms with Crippen LogP contribution in [0.15, 0.2) is 6.33 Å². The third-order valence-electron chi connectivity index (χ3n) is 3.03. The van der Waals surface area contributed by atoms with Crippen LogP contribution in [0.3, 0.4) is 0 Å². The van der Waals surface area contributed by atoms with E-state index in [2.05, 4.69) is 15.4 Å². The molecular formula is C11H18N6O2. The molecule has 2 rings (SSSR count). The summed E-state index contributed by atoms with van der Waals surface area (Å²) in [7, 11) is 0. The quantitative estimate of drug-likeness (QED) is 0.726. The highest BCUT2D eigenvalue weighted by molar-refractivity contribution is 5.87. The van der Waals surface area contributed by atoms with Gasteiger partial charge in [0.05, 0.1) is 0 Å². The number of amides is 2. The van der Waals surface area contributed by atoms with Crippen LogP contribution in [0.1, 0.15) is 19.8 Å². The first kappa shape index (κ1) is 13.3. The number of carbonyl (C=O) groups excluding carboxylic acids is 2. The largest absolute Gasteiger partial charge is 0.367 e. The summed E-state index contributed by atoms with van der Waals surface area (Å²) in [5.41, 5.74) is 5.35. The second kappa shape index (κ2) is 5.68. The van der Waals surface area contributed by atoms with Crippen LogP contribution in [0.4, 0.5) is 5.95 Å². The molecule has 3 N–H and O–H groups in total. The molecule has 104 valence electrons. The van der Waals surface area contributed by atoms with Gasteiger partial charge in [-0.25, -0.2) is 9.67 Å². The molecular weight excluding hydrogens is 248 g/mol. The molecule has 1 fully saturated rings. The van der Waals surface area contributed by atoms with Crippen LogP contribution < -0.4 is 11.1 Å². The number of likely N-dealkylation sites (tertiary alicyclic amines) is 1. The number of hydrogen-bond donors (Lipinski definition) is 2. The van der Waals surface area contributed by atoms with E-state index in [0.717, 1.165) is 25.9 Å². The summed E-state index contributed by atoms with van der Waals surface area (Å²) in [6.45, 7) is 3.24. The zero-order valence-corrected chi connectivity index (χ0v) is 10.9. The number of rotatable bonds is 4. The molecule has 1 aliphatic rings. The third kappa shape index (κ3) is 3.43. The molecule has 0 bridgehead atoms. The van der Waals surface area contributed by atoms with E-state index >= 15 is 0 Å². The van der Waals surface area contributed by atoms with Crippen molar-refractivity contribution in [3.05, 3.63) is 6.33 Å². The average Bonchev–Trinajstić information content (AvgIpc) is 2.99. The number of nitrogens with one attached hydrogen (secondary N) is 1. The molecule has 19 heavy (non-hydrogen) atoms. The maximum atomic E-state index is 12.0. The number of nitrogen functional groups attached to an aromatic ring is 1. The fourth-order valence-electron chi connectivity index (χ4n) is 2.09. The molecule has 8 nitrogen and oxygen atoms in total. The van der Waals surface area contributed by atoms with Crippen molar-refractivity contribution in [3.63, 3.8) is 0 Å². The number of nitrogens with two attached hydrogens (primary N) is 1. The van der Waals surface area contributed by atoms with Gasteiger partial charge < -0.3 is 16.0 Å². The van der Waals surface area contributed by atoms with Crippen molar-refractivity contribution >= 4 is 17.8 Å². The van der Waals surface area contributed by atoms with Crippen molar-refractivity contribution < 1.29 is 9.59 Å². The van der Waals surface area contributed by atoms with Gasteiger partial charge in [-0.15, -0.1) is 5.10 Å². The van der Waals surface area contributed by atoms with E-state index in [-0.39, 0.29) is 24.3 Å². The molecule has 0 aromatic carbocycles. The minimum atomic E-state index is -0.522. The van der Waals surface area contributed by atoms with E-state index in [0.29, 0.717) is 0 Å². The van der Waals surface area contributed by atoms with Gasteiger partial charge >= 0.3 is 0 Å². The van der Waals surface area contributed by atoms with E-state index in [1.165, 1.54) is 11.0 Å². The van der Waals surface area contributed by atoms with E-state index < -0.39 is 6.04 Å². The smallest absolute Gasteiger partial charge is 0.244 e. The number of aromatic nitrogens is 3. The molecule has 1 atom stereocenters. The van der Waals surface area contributed by atoms with Gasteiger partial charge in [0.15, 0.2) is 0 Å². The number of carbonyl (C=O) groups is 2. The Morgan fingerprint density at radius 3 is 2.74 bits per heavy atom. The summed E-state index contributed by atoms with van der Waals surface area (Å²) < 4.78 is 1.33. The predicted octanol–water partition coefficient (Wildman–Crippen LogP) is -1.01. The summed E-state index contributed by atoms with van der Waals surface area (Å²) in [6.07, 6.45) is 3.44. The molecule has 1 aromatic heterocycles. The Balaban J connectivity index is 1.82. The lowest BCUT2D eigenvalue weighted by molar-refractivity contribution is -0.135. The molecule has 0 aliphatic carbocycles. The van der Waals surface area contributed by atoms with Gasteiger partial charge in [0.25, 0.3) is 0 Å². The zero-order chi connectivity index (χ0) is 13.8. The standard InChI is InChI=1S/C11H18N6O2/c1-8(10(19)16-4-2-3-5-16)14-9(18)6-17-7-13-11(12)15-17/h7-8H,2-6H2,1H3,(H2,12,15)(H,14,18). The zero-order valence-electron chi connectivity index (χ0n) is 10.9. The Hall–Kier alpha value is -2.12. The lowest BCUT2D eigenvalue weighted by Crippen LogP contribution is -2.46. The molecule has 1 saturated heterocycles. The van der Waals surface area contributed by atoms with Gasteiger partial charge in [-0.1, -0.05) is 0 Å². The monoisotopic (exact) mass is 266 g/mol. The second-order valence-corrected chi connectivity index (χ2v) is 4.62. The summed E-state index contributed by atoms with van der Waals surface area (Å²) in [5.74, 6) is -0.206. The Bertz CT molecular complexity index is 466. The van der Waals surface area contributed by atoms with Gasteiger partial charge in [0.1, 0.15) is 18.9 Å². The first-order valence-electron chi connectivity index (χ1n) is 6.29. The highest BCUT2D eigenvalue weighted by Crippen LogP contribution is 2.08. The van der Waals surface area contributed by atoms with Crippen molar-refractivity contribution in [2.45, 2.75) is 32.4 Å². The second-order valence-electron chi connectivity index (χ2n) is 4.62. The third-order valence-corrected chi connectivity index (χ3v) is 3.03. The highest BCUT2D eigenvalue weighted by atomic mass is 16.2. The molecule has 0 saturated carbocycles. The fourth-order valence-corrected chi connectivity index (χ4v) is 2.09. The Morgan fingerprint density at radius 2 is 2.16 bits per heavy atom. The van der Waals surface area contributed by atoms with Crippen molar-refractivity contribution in [1.82, 2.24) is 25.0 Å². The van der Waals surface area contributed by atoms with Gasteiger partial charge in [0, 0.05) is 13.1 Å². The summed E-state index contributed by atoms with van der Waals surface area (Å²) in [4.78, 5) is 29.2. The summed E-state index contributed by atoms with van der Waals surface area (Å²) in [5, 5.41) is 6.46. The van der Waals surface area contributed by atoms with E-state index in [1.807, 2.05) is 0 Å². The summed E-state index contributed by atoms with van der Waals surface area (Å²) in [6, 6.07) is -0.522. The van der Waals surface area contributed by atoms with Crippen molar-refractivity contribution in [2.24, 2.45) is 0 Å². The average molecular weight is 266 g/mol. The fraction of sp³-hybridized carbons (Fsp3) is 0.636. The van der Waals surface area contributed by atoms with Crippen LogP contribution in [0.25, 0.3) is 0 Å². The maximum absolute atomic E-state index is 12.0. The van der Waals surface area contributed by atoms with E-state index in [4.69, 9.17) is 5.73 Å². The van der Waals surface area contributed by atoms with Gasteiger partial charge in [0.2, 0.25) is 17.8 Å². The van der Waals surface area contributed by atoms with E-state index in [1.54, 1.807) is 11.8 Å². The van der Waals surface area contributed by atoms with Crippen LogP contribution >= 0.6 is 0 Å². The molecule has 1 unspecified atom stereocenters. The lowest BCUT2D eigenvalue weighted by atomic mass is 10.3. The predicted molar refractivity (Wildman–Crippen MR) is 67.9 cm³/mol. The van der Waals surface area contributed by atoms with Crippen molar-refractivity contribution in [3.8, 4) is 0 Å². The topological polar surface area (TPSA) is 106 Å². The number of nitrogens with zero attached hydrogens (tertiary/aromatic N) is 4. The molecule has 2 amide bonds. The van der Waals surface area contributed by atoms with Gasteiger partial charge in [-0.3, -0.25) is 9.59 Å². The van der Waals surface area contributed by atoms with Crippen LogP contribution in [-0.2, 0) is 16.1 Å². The van der Waals surface area contributed by atoms with Gasteiger partial charge in [-0.2, -0.15) is 0 Å². The normalized spacial score (nSPS) is 16.4. The van der Waals surface area contributed by atoms with Crippen molar-refractivity contribution in [2.75, 3.05) is 18.8 Å². The minimum Gasteiger partial charge on any atom is -0.367 e. The summed E-state index contributed by atoms with van der Waals surface area (Å²) >= 11 is 0. The van der Waals surface area contributed by atoms with Crippen LogP contribution in [0.5, 0.6) is 0 Å². The molecule has 2 heterocycles. The van der Waals surface area contributed by atoms with Crippen molar-refractivity contribution in [1.29, 1.82) is 0 Å². The first-order valence-corrected chi connectivity index (χ1v) is 6.29. The van der Waals surface area contributed by atoms with Gasteiger partial charge in [-0.05, 0) is 19.8 Å². The first-order chi connectivity index (χ1) is 9.06. The molecule has 1 aromatic rings. The number of hydrogen-bond acceptors (Lipinski definition) is 5. The Morgan fingerprint density at radius 1 is 1.47 bits per heavy atom.